The van der Waals surface area contributed by atoms with Crippen LogP contribution in [0.25, 0.3) is 10.8 Å². The minimum absolute atomic E-state index is 0.0435. The predicted molar refractivity (Wildman–Crippen MR) is 107 cm³/mol. The molecule has 1 N–H and O–H groups in total. The quantitative estimate of drug-likeness (QED) is 0.525. The van der Waals surface area contributed by atoms with E-state index in [0.717, 1.165) is 23.9 Å². The van der Waals surface area contributed by atoms with Crippen LogP contribution in [0.1, 0.15) is 36.5 Å². The Morgan fingerprint density at radius 1 is 1.13 bits per heavy atom. The van der Waals surface area contributed by atoms with Gasteiger partial charge in [0.1, 0.15) is 17.7 Å². The molecule has 7 heteroatoms. The first-order chi connectivity index (χ1) is 14.3. The molecule has 0 bridgehead atoms. The summed E-state index contributed by atoms with van der Waals surface area (Å²) >= 11 is 0. The maximum Gasteiger partial charge on any atom is 0.419 e. The Morgan fingerprint density at radius 3 is 2.67 bits per heavy atom. The molecule has 1 heterocycles. The Kier molecular flexibility index (Phi) is 5.64. The molecule has 1 saturated carbocycles. The summed E-state index contributed by atoms with van der Waals surface area (Å²) in [6.45, 7) is 2.83. The molecular formula is C23H22F4N2O. The van der Waals surface area contributed by atoms with Gasteiger partial charge in [-0.3, -0.25) is 4.98 Å². The van der Waals surface area contributed by atoms with Crippen LogP contribution in [0.15, 0.2) is 48.8 Å². The third-order valence-corrected chi connectivity index (χ3v) is 5.62. The zero-order chi connectivity index (χ0) is 21.3. The Hall–Kier alpha value is -2.67. The molecule has 0 amide bonds. The summed E-state index contributed by atoms with van der Waals surface area (Å²) in [6, 6.07) is 9.21. The Bertz CT molecular complexity index is 1050. The van der Waals surface area contributed by atoms with Crippen molar-refractivity contribution in [1.29, 1.82) is 0 Å². The minimum Gasteiger partial charge on any atom is -0.490 e. The van der Waals surface area contributed by atoms with Crippen LogP contribution in [-0.2, 0) is 19.1 Å². The SMILES string of the molecule is CCc1ccc2cnccc2c1CN[C@H]1C[C@H](Oc2ccc(F)c(C(F)(F)F)c2)C1. The van der Waals surface area contributed by atoms with Crippen LogP contribution in [0.5, 0.6) is 5.75 Å². The number of aryl methyl sites for hydroxylation is 1. The van der Waals surface area contributed by atoms with Crippen molar-refractivity contribution in [1.82, 2.24) is 10.3 Å². The standard InChI is InChI=1S/C23H22F4N2O/c1-2-14-3-4-15-12-28-8-7-19(15)20(14)13-29-16-9-18(10-16)30-17-5-6-22(24)21(11-17)23(25,26)27/h3-8,11-12,16,18,29H,2,9-10,13H2,1H3/t16-,18-. The van der Waals surface area contributed by atoms with Gasteiger partial charge in [-0.15, -0.1) is 0 Å². The topological polar surface area (TPSA) is 34.2 Å². The van der Waals surface area contributed by atoms with E-state index in [2.05, 4.69) is 29.4 Å². The zero-order valence-electron chi connectivity index (χ0n) is 16.5. The van der Waals surface area contributed by atoms with Gasteiger partial charge in [-0.1, -0.05) is 19.1 Å². The lowest BCUT2D eigenvalue weighted by molar-refractivity contribution is -0.140. The van der Waals surface area contributed by atoms with Crippen LogP contribution in [0, 0.1) is 5.82 Å². The molecule has 3 nitrogen and oxygen atoms in total. The van der Waals surface area contributed by atoms with E-state index in [4.69, 9.17) is 4.74 Å². The monoisotopic (exact) mass is 418 g/mol. The number of aromatic nitrogens is 1. The van der Waals surface area contributed by atoms with E-state index in [1.165, 1.54) is 22.6 Å². The van der Waals surface area contributed by atoms with Crippen LogP contribution in [0.2, 0.25) is 0 Å². The summed E-state index contributed by atoms with van der Waals surface area (Å²) in [5, 5.41) is 5.79. The van der Waals surface area contributed by atoms with Gasteiger partial charge in [0.25, 0.3) is 0 Å². The lowest BCUT2D eigenvalue weighted by Gasteiger charge is -2.36. The number of benzene rings is 2. The summed E-state index contributed by atoms with van der Waals surface area (Å²) < 4.78 is 57.6. The largest absolute Gasteiger partial charge is 0.490 e. The summed E-state index contributed by atoms with van der Waals surface area (Å²) in [5.41, 5.74) is 1.22. The zero-order valence-corrected chi connectivity index (χ0v) is 16.5. The van der Waals surface area contributed by atoms with E-state index >= 15 is 0 Å². The van der Waals surface area contributed by atoms with Gasteiger partial charge in [-0.25, -0.2) is 4.39 Å². The second kappa shape index (κ2) is 8.22. The second-order valence-electron chi connectivity index (χ2n) is 7.58. The van der Waals surface area contributed by atoms with Crippen molar-refractivity contribution in [3.63, 3.8) is 0 Å². The molecular weight excluding hydrogens is 396 g/mol. The van der Waals surface area contributed by atoms with Gasteiger partial charge in [0, 0.05) is 30.4 Å². The molecule has 1 aliphatic rings. The van der Waals surface area contributed by atoms with E-state index in [0.29, 0.717) is 19.4 Å². The third kappa shape index (κ3) is 4.26. The first-order valence-corrected chi connectivity index (χ1v) is 9.96. The first kappa shape index (κ1) is 20.6. The summed E-state index contributed by atoms with van der Waals surface area (Å²) in [6.07, 6.45) is 1.02. The van der Waals surface area contributed by atoms with Crippen molar-refractivity contribution in [2.75, 3.05) is 0 Å². The van der Waals surface area contributed by atoms with Gasteiger partial charge in [0.15, 0.2) is 0 Å². The summed E-state index contributed by atoms with van der Waals surface area (Å²) in [4.78, 5) is 4.18. The van der Waals surface area contributed by atoms with Gasteiger partial charge in [0.05, 0.1) is 5.56 Å². The fraction of sp³-hybridized carbons (Fsp3) is 0.348. The number of alkyl halides is 3. The molecule has 0 unspecified atom stereocenters. The second-order valence-corrected chi connectivity index (χ2v) is 7.58. The average molecular weight is 418 g/mol. The van der Waals surface area contributed by atoms with Crippen LogP contribution >= 0.6 is 0 Å². The van der Waals surface area contributed by atoms with Gasteiger partial charge in [-0.2, -0.15) is 13.2 Å². The molecule has 3 aromatic rings. The van der Waals surface area contributed by atoms with Crippen LogP contribution in [0.3, 0.4) is 0 Å². The van der Waals surface area contributed by atoms with Crippen LogP contribution in [-0.4, -0.2) is 17.1 Å². The fourth-order valence-electron chi connectivity index (χ4n) is 3.88. The molecule has 1 aliphatic carbocycles. The summed E-state index contributed by atoms with van der Waals surface area (Å²) in [7, 11) is 0. The van der Waals surface area contributed by atoms with E-state index in [1.807, 2.05) is 12.3 Å². The lowest BCUT2D eigenvalue weighted by atomic mass is 9.88. The predicted octanol–water partition coefficient (Wildman–Crippen LogP) is 5.65. The molecule has 1 fully saturated rings. The van der Waals surface area contributed by atoms with Crippen molar-refractivity contribution in [3.05, 3.63) is 71.3 Å². The molecule has 0 radical (unpaired) electrons. The van der Waals surface area contributed by atoms with Crippen molar-refractivity contribution < 1.29 is 22.3 Å². The highest BCUT2D eigenvalue weighted by molar-refractivity contribution is 5.85. The molecule has 0 spiro atoms. The van der Waals surface area contributed by atoms with Crippen LogP contribution in [0.4, 0.5) is 17.6 Å². The molecule has 0 saturated heterocycles. The highest BCUT2D eigenvalue weighted by atomic mass is 19.4. The Balaban J connectivity index is 1.36. The Labute approximate surface area is 172 Å². The molecule has 30 heavy (non-hydrogen) atoms. The highest BCUT2D eigenvalue weighted by Crippen LogP contribution is 2.35. The fourth-order valence-corrected chi connectivity index (χ4v) is 3.88. The van der Waals surface area contributed by atoms with Gasteiger partial charge < -0.3 is 10.1 Å². The van der Waals surface area contributed by atoms with E-state index < -0.39 is 17.6 Å². The molecule has 4 rings (SSSR count). The van der Waals surface area contributed by atoms with Gasteiger partial charge in [0.2, 0.25) is 0 Å². The average Bonchev–Trinajstić information content (AvgIpc) is 2.69. The number of ether oxygens (including phenoxy) is 1. The van der Waals surface area contributed by atoms with Crippen molar-refractivity contribution >= 4 is 10.8 Å². The number of fused-ring (bicyclic) bond motifs is 1. The molecule has 1 aromatic heterocycles. The number of hydrogen-bond donors (Lipinski definition) is 1. The maximum absolute atomic E-state index is 13.4. The highest BCUT2D eigenvalue weighted by Gasteiger charge is 2.35. The van der Waals surface area contributed by atoms with Crippen LogP contribution < -0.4 is 10.1 Å². The van der Waals surface area contributed by atoms with Gasteiger partial charge in [-0.05, 0) is 60.0 Å². The molecule has 0 atom stereocenters. The molecule has 0 aliphatic heterocycles. The third-order valence-electron chi connectivity index (χ3n) is 5.62. The van der Waals surface area contributed by atoms with E-state index in [1.54, 1.807) is 6.20 Å². The number of pyridine rings is 1. The maximum atomic E-state index is 13.4. The number of halogens is 4. The number of nitrogens with zero attached hydrogens (tertiary/aromatic N) is 1. The Morgan fingerprint density at radius 2 is 1.93 bits per heavy atom. The number of nitrogens with one attached hydrogen (secondary N) is 1. The smallest absolute Gasteiger partial charge is 0.419 e. The lowest BCUT2D eigenvalue weighted by Crippen LogP contribution is -2.46. The minimum atomic E-state index is -4.74. The van der Waals surface area contributed by atoms with E-state index in [-0.39, 0.29) is 17.9 Å². The van der Waals surface area contributed by atoms with Gasteiger partial charge >= 0.3 is 6.18 Å². The van der Waals surface area contributed by atoms with E-state index in [9.17, 15) is 17.6 Å². The van der Waals surface area contributed by atoms with Crippen molar-refractivity contribution in [2.45, 2.75) is 51.1 Å². The number of rotatable bonds is 6. The summed E-state index contributed by atoms with van der Waals surface area (Å²) in [5.74, 6) is -1.25. The number of hydrogen-bond acceptors (Lipinski definition) is 3. The van der Waals surface area contributed by atoms with Crippen molar-refractivity contribution in [3.8, 4) is 5.75 Å². The molecule has 158 valence electrons. The first-order valence-electron chi connectivity index (χ1n) is 9.96. The normalized spacial score (nSPS) is 19.0. The molecule has 2 aromatic carbocycles. The van der Waals surface area contributed by atoms with Crippen molar-refractivity contribution in [2.24, 2.45) is 0 Å².